The van der Waals surface area contributed by atoms with Crippen LogP contribution in [0.5, 0.6) is 0 Å². The van der Waals surface area contributed by atoms with Crippen molar-refractivity contribution >= 4 is 5.78 Å². The summed E-state index contributed by atoms with van der Waals surface area (Å²) in [6.07, 6.45) is 1.68. The van der Waals surface area contributed by atoms with Crippen LogP contribution in [-0.2, 0) is 0 Å². The minimum absolute atomic E-state index is 0.175. The highest BCUT2D eigenvalue weighted by Crippen LogP contribution is 2.20. The topological polar surface area (TPSA) is 34.9 Å². The molecule has 18 heavy (non-hydrogen) atoms. The SMILES string of the molecule is CC(=O)c1cccc(F)c1-n1ccc(C(C)C)n1. The van der Waals surface area contributed by atoms with Gasteiger partial charge in [0.25, 0.3) is 0 Å². The first-order chi connectivity index (χ1) is 8.50. The monoisotopic (exact) mass is 246 g/mol. The zero-order valence-electron chi connectivity index (χ0n) is 10.6. The smallest absolute Gasteiger partial charge is 0.162 e. The van der Waals surface area contributed by atoms with E-state index >= 15 is 0 Å². The maximum Gasteiger partial charge on any atom is 0.162 e. The summed E-state index contributed by atoms with van der Waals surface area (Å²) in [7, 11) is 0. The molecule has 0 saturated carbocycles. The van der Waals surface area contributed by atoms with E-state index in [0.717, 1.165) is 5.69 Å². The lowest BCUT2D eigenvalue weighted by molar-refractivity contribution is 0.101. The van der Waals surface area contributed by atoms with Gasteiger partial charge in [0, 0.05) is 11.8 Å². The van der Waals surface area contributed by atoms with Crippen molar-refractivity contribution in [1.82, 2.24) is 9.78 Å². The number of aromatic nitrogens is 2. The van der Waals surface area contributed by atoms with Crippen LogP contribution in [0.25, 0.3) is 5.69 Å². The molecule has 4 heteroatoms. The zero-order chi connectivity index (χ0) is 13.3. The fraction of sp³-hybridized carbons (Fsp3) is 0.286. The van der Waals surface area contributed by atoms with Crippen LogP contribution in [0.15, 0.2) is 30.5 Å². The maximum absolute atomic E-state index is 13.9. The highest BCUT2D eigenvalue weighted by molar-refractivity contribution is 5.97. The summed E-state index contributed by atoms with van der Waals surface area (Å²) in [5.74, 6) is -0.356. The van der Waals surface area contributed by atoms with Crippen LogP contribution in [0.3, 0.4) is 0 Å². The highest BCUT2D eigenvalue weighted by atomic mass is 19.1. The van der Waals surface area contributed by atoms with Crippen LogP contribution >= 0.6 is 0 Å². The Labute approximate surface area is 105 Å². The molecule has 0 aliphatic rings. The number of hydrogen-bond donors (Lipinski definition) is 0. The van der Waals surface area contributed by atoms with Gasteiger partial charge in [0.2, 0.25) is 0 Å². The number of Topliss-reactive ketones (excluding diaryl/α,β-unsaturated/α-hetero) is 1. The van der Waals surface area contributed by atoms with E-state index in [1.54, 1.807) is 12.3 Å². The van der Waals surface area contributed by atoms with Crippen molar-refractivity contribution in [2.24, 2.45) is 0 Å². The van der Waals surface area contributed by atoms with Gasteiger partial charge >= 0.3 is 0 Å². The van der Waals surface area contributed by atoms with Crippen molar-refractivity contribution in [1.29, 1.82) is 0 Å². The molecule has 1 aromatic heterocycles. The summed E-state index contributed by atoms with van der Waals surface area (Å²) in [5.41, 5.74) is 1.43. The van der Waals surface area contributed by atoms with Gasteiger partial charge in [0.05, 0.1) is 5.69 Å². The van der Waals surface area contributed by atoms with E-state index in [-0.39, 0.29) is 17.4 Å². The van der Waals surface area contributed by atoms with Crippen LogP contribution in [0, 0.1) is 5.82 Å². The van der Waals surface area contributed by atoms with Gasteiger partial charge in [-0.15, -0.1) is 0 Å². The summed E-state index contributed by atoms with van der Waals surface area (Å²) in [4.78, 5) is 11.5. The number of carbonyl (C=O) groups is 1. The summed E-state index contributed by atoms with van der Waals surface area (Å²) < 4.78 is 15.3. The molecule has 0 aliphatic heterocycles. The van der Waals surface area contributed by atoms with E-state index < -0.39 is 5.82 Å². The van der Waals surface area contributed by atoms with E-state index in [0.29, 0.717) is 5.56 Å². The second-order valence-corrected chi connectivity index (χ2v) is 4.53. The summed E-state index contributed by atoms with van der Waals surface area (Å²) in [5, 5.41) is 4.31. The normalized spacial score (nSPS) is 10.9. The molecule has 0 N–H and O–H groups in total. The average molecular weight is 246 g/mol. The van der Waals surface area contributed by atoms with Gasteiger partial charge in [-0.1, -0.05) is 19.9 Å². The highest BCUT2D eigenvalue weighted by Gasteiger charge is 2.15. The minimum Gasteiger partial charge on any atom is -0.294 e. The number of rotatable bonds is 3. The molecule has 0 aliphatic carbocycles. The number of benzene rings is 1. The number of hydrogen-bond acceptors (Lipinski definition) is 2. The van der Waals surface area contributed by atoms with Crippen LogP contribution in [0.4, 0.5) is 4.39 Å². The second kappa shape index (κ2) is 4.72. The third-order valence-corrected chi connectivity index (χ3v) is 2.80. The molecule has 0 saturated heterocycles. The largest absolute Gasteiger partial charge is 0.294 e. The molecule has 0 spiro atoms. The van der Waals surface area contributed by atoms with Crippen LogP contribution in [0.2, 0.25) is 0 Å². The number of carbonyl (C=O) groups excluding carboxylic acids is 1. The predicted molar refractivity (Wildman–Crippen MR) is 67.6 cm³/mol. The molecule has 0 fully saturated rings. The third-order valence-electron chi connectivity index (χ3n) is 2.80. The lowest BCUT2D eigenvalue weighted by Crippen LogP contribution is -2.07. The fourth-order valence-electron chi connectivity index (χ4n) is 1.80. The van der Waals surface area contributed by atoms with Crippen LogP contribution in [-0.4, -0.2) is 15.6 Å². The van der Waals surface area contributed by atoms with E-state index in [4.69, 9.17) is 0 Å². The molecule has 94 valence electrons. The van der Waals surface area contributed by atoms with Crippen molar-refractivity contribution in [3.63, 3.8) is 0 Å². The Morgan fingerprint density at radius 3 is 2.61 bits per heavy atom. The zero-order valence-corrected chi connectivity index (χ0v) is 10.6. The molecule has 3 nitrogen and oxygen atoms in total. The molecule has 0 bridgehead atoms. The van der Waals surface area contributed by atoms with E-state index in [1.165, 1.54) is 23.7 Å². The molecule has 1 aromatic carbocycles. The van der Waals surface area contributed by atoms with Crippen molar-refractivity contribution in [2.45, 2.75) is 26.7 Å². The Balaban J connectivity index is 2.58. The first-order valence-electron chi connectivity index (χ1n) is 5.86. The average Bonchev–Trinajstić information content (AvgIpc) is 2.77. The Morgan fingerprint density at radius 1 is 1.33 bits per heavy atom. The number of halogens is 1. The molecule has 1 heterocycles. The van der Waals surface area contributed by atoms with Crippen LogP contribution in [0.1, 0.15) is 42.7 Å². The summed E-state index contributed by atoms with van der Waals surface area (Å²) in [6, 6.07) is 6.30. The first-order valence-corrected chi connectivity index (χ1v) is 5.86. The van der Waals surface area contributed by atoms with Gasteiger partial charge in [-0.25, -0.2) is 9.07 Å². The molecular weight excluding hydrogens is 231 g/mol. The molecular formula is C14H15FN2O. The third kappa shape index (κ3) is 2.18. The van der Waals surface area contributed by atoms with Gasteiger partial charge in [0.1, 0.15) is 11.5 Å². The predicted octanol–water partition coefficient (Wildman–Crippen LogP) is 3.34. The standard InChI is InChI=1S/C14H15FN2O/c1-9(2)13-7-8-17(16-13)14-11(10(3)18)5-4-6-12(14)15/h4-9H,1-3H3. The van der Waals surface area contributed by atoms with Crippen molar-refractivity contribution < 1.29 is 9.18 Å². The lowest BCUT2D eigenvalue weighted by Gasteiger charge is -2.08. The lowest BCUT2D eigenvalue weighted by atomic mass is 10.1. The molecule has 0 atom stereocenters. The van der Waals surface area contributed by atoms with E-state index in [2.05, 4.69) is 5.10 Å². The van der Waals surface area contributed by atoms with Gasteiger partial charge in [-0.2, -0.15) is 5.10 Å². The number of nitrogens with zero attached hydrogens (tertiary/aromatic N) is 2. The van der Waals surface area contributed by atoms with Gasteiger partial charge in [-0.05, 0) is 31.0 Å². The molecule has 2 rings (SSSR count). The molecule has 0 radical (unpaired) electrons. The number of ketones is 1. The quantitative estimate of drug-likeness (QED) is 0.778. The Bertz CT molecular complexity index is 587. The maximum atomic E-state index is 13.9. The van der Waals surface area contributed by atoms with Crippen molar-refractivity contribution in [2.75, 3.05) is 0 Å². The van der Waals surface area contributed by atoms with E-state index in [9.17, 15) is 9.18 Å². The van der Waals surface area contributed by atoms with Crippen molar-refractivity contribution in [3.05, 3.63) is 47.5 Å². The Hall–Kier alpha value is -1.97. The van der Waals surface area contributed by atoms with E-state index in [1.807, 2.05) is 19.9 Å². The fourth-order valence-corrected chi connectivity index (χ4v) is 1.80. The summed E-state index contributed by atoms with van der Waals surface area (Å²) >= 11 is 0. The van der Waals surface area contributed by atoms with Crippen LogP contribution < -0.4 is 0 Å². The molecule has 0 amide bonds. The number of para-hydroxylation sites is 1. The molecule has 2 aromatic rings. The Morgan fingerprint density at radius 2 is 2.06 bits per heavy atom. The van der Waals surface area contributed by atoms with Gasteiger partial charge < -0.3 is 0 Å². The molecule has 0 unspecified atom stereocenters. The van der Waals surface area contributed by atoms with Gasteiger partial charge in [-0.3, -0.25) is 4.79 Å². The first kappa shape index (κ1) is 12.5. The van der Waals surface area contributed by atoms with Crippen molar-refractivity contribution in [3.8, 4) is 5.69 Å². The minimum atomic E-state index is -0.443. The summed E-state index contributed by atoms with van der Waals surface area (Å²) in [6.45, 7) is 5.45. The Kier molecular flexibility index (Phi) is 3.28. The second-order valence-electron chi connectivity index (χ2n) is 4.53. The van der Waals surface area contributed by atoms with Gasteiger partial charge in [0.15, 0.2) is 5.78 Å².